The zero-order valence-corrected chi connectivity index (χ0v) is 8.82. The van der Waals surface area contributed by atoms with Crippen LogP contribution in [0.1, 0.15) is 0 Å². The number of aryl methyl sites for hydroxylation is 1. The van der Waals surface area contributed by atoms with E-state index in [2.05, 4.69) is 33.2 Å². The maximum absolute atomic E-state index is 4.22. The molecule has 1 aromatic heterocycles. The highest BCUT2D eigenvalue weighted by molar-refractivity contribution is 9.10. The topological polar surface area (TPSA) is 17.8 Å². The van der Waals surface area contributed by atoms with Crippen LogP contribution in [0.3, 0.4) is 0 Å². The highest BCUT2D eigenvalue weighted by Gasteiger charge is 2.05. The first-order valence-corrected chi connectivity index (χ1v) is 4.81. The molecule has 1 aromatic carbocycles. The maximum Gasteiger partial charge on any atom is 0.135 e. The van der Waals surface area contributed by atoms with E-state index in [-0.39, 0.29) is 0 Å². The lowest BCUT2D eigenvalue weighted by Gasteiger charge is -1.95. The van der Waals surface area contributed by atoms with Crippen LogP contribution in [0, 0.1) is 0 Å². The largest absolute Gasteiger partial charge is 0.274 e. The molecule has 1 heterocycles. The van der Waals surface area contributed by atoms with Gasteiger partial charge in [0.1, 0.15) is 4.60 Å². The average molecular weight is 237 g/mol. The minimum Gasteiger partial charge on any atom is -0.274 e. The van der Waals surface area contributed by atoms with E-state index in [1.807, 2.05) is 31.4 Å². The first-order chi connectivity index (χ1) is 6.27. The Bertz CT molecular complexity index is 406. The van der Waals surface area contributed by atoms with Crippen LogP contribution in [0.2, 0.25) is 0 Å². The minimum absolute atomic E-state index is 0.890. The molecule has 0 aliphatic rings. The second kappa shape index (κ2) is 3.34. The van der Waals surface area contributed by atoms with Crippen LogP contribution in [0.25, 0.3) is 11.1 Å². The van der Waals surface area contributed by atoms with Crippen molar-refractivity contribution in [2.24, 2.45) is 7.05 Å². The van der Waals surface area contributed by atoms with Crippen molar-refractivity contribution in [3.63, 3.8) is 0 Å². The molecule has 0 amide bonds. The third kappa shape index (κ3) is 1.65. The summed E-state index contributed by atoms with van der Waals surface area (Å²) in [6.45, 7) is 0. The number of hydrogen-bond acceptors (Lipinski definition) is 1. The normalized spacial score (nSPS) is 10.3. The van der Waals surface area contributed by atoms with Crippen molar-refractivity contribution in [1.29, 1.82) is 0 Å². The number of hydrogen-bond donors (Lipinski definition) is 0. The number of halogens is 1. The lowest BCUT2D eigenvalue weighted by Crippen LogP contribution is -1.84. The van der Waals surface area contributed by atoms with E-state index in [9.17, 15) is 0 Å². The van der Waals surface area contributed by atoms with Crippen LogP contribution in [-0.4, -0.2) is 9.78 Å². The van der Waals surface area contributed by atoms with Crippen LogP contribution in [0.15, 0.2) is 41.1 Å². The highest BCUT2D eigenvalue weighted by atomic mass is 79.9. The Kier molecular flexibility index (Phi) is 2.19. The van der Waals surface area contributed by atoms with Crippen LogP contribution < -0.4 is 0 Å². The standard InChI is InChI=1S/C10H9BrN2/c1-13-7-9(10(11)12-13)8-5-3-2-4-6-8/h2-7H,1H3. The van der Waals surface area contributed by atoms with Crippen molar-refractivity contribution in [2.75, 3.05) is 0 Å². The Hall–Kier alpha value is -1.09. The van der Waals surface area contributed by atoms with Crippen molar-refractivity contribution in [3.05, 3.63) is 41.1 Å². The highest BCUT2D eigenvalue weighted by Crippen LogP contribution is 2.25. The Balaban J connectivity index is 2.53. The van der Waals surface area contributed by atoms with Crippen molar-refractivity contribution >= 4 is 15.9 Å². The van der Waals surface area contributed by atoms with Gasteiger partial charge in [0.25, 0.3) is 0 Å². The smallest absolute Gasteiger partial charge is 0.135 e. The molecule has 13 heavy (non-hydrogen) atoms. The van der Waals surface area contributed by atoms with Gasteiger partial charge in [0.15, 0.2) is 0 Å². The summed E-state index contributed by atoms with van der Waals surface area (Å²) in [6.07, 6.45) is 2.00. The molecule has 2 nitrogen and oxygen atoms in total. The Morgan fingerprint density at radius 3 is 2.46 bits per heavy atom. The van der Waals surface area contributed by atoms with Gasteiger partial charge in [-0.05, 0) is 21.5 Å². The van der Waals surface area contributed by atoms with Gasteiger partial charge in [-0.3, -0.25) is 4.68 Å². The fourth-order valence-electron chi connectivity index (χ4n) is 1.27. The molecule has 2 rings (SSSR count). The predicted octanol–water partition coefficient (Wildman–Crippen LogP) is 2.85. The summed E-state index contributed by atoms with van der Waals surface area (Å²) in [4.78, 5) is 0. The molecule has 2 aromatic rings. The molecule has 0 spiro atoms. The molecule has 0 aliphatic carbocycles. The van der Waals surface area contributed by atoms with Crippen LogP contribution in [0.5, 0.6) is 0 Å². The fraction of sp³-hybridized carbons (Fsp3) is 0.100. The van der Waals surface area contributed by atoms with E-state index in [1.54, 1.807) is 4.68 Å². The zero-order valence-electron chi connectivity index (χ0n) is 7.24. The number of benzene rings is 1. The summed E-state index contributed by atoms with van der Waals surface area (Å²) in [5.41, 5.74) is 2.31. The third-order valence-corrected chi connectivity index (χ3v) is 2.45. The van der Waals surface area contributed by atoms with E-state index in [0.717, 1.165) is 10.2 Å². The molecular weight excluding hydrogens is 228 g/mol. The molecule has 0 saturated carbocycles. The summed E-state index contributed by atoms with van der Waals surface area (Å²) >= 11 is 3.42. The molecule has 0 bridgehead atoms. The molecule has 0 unspecified atom stereocenters. The SMILES string of the molecule is Cn1cc(-c2ccccc2)c(Br)n1. The predicted molar refractivity (Wildman–Crippen MR) is 56.3 cm³/mol. The van der Waals surface area contributed by atoms with Gasteiger partial charge < -0.3 is 0 Å². The molecule has 66 valence electrons. The third-order valence-electron chi connectivity index (χ3n) is 1.87. The van der Waals surface area contributed by atoms with Gasteiger partial charge in [0.05, 0.1) is 0 Å². The zero-order chi connectivity index (χ0) is 9.26. The van der Waals surface area contributed by atoms with E-state index < -0.39 is 0 Å². The lowest BCUT2D eigenvalue weighted by atomic mass is 10.1. The first-order valence-electron chi connectivity index (χ1n) is 4.02. The molecule has 0 N–H and O–H groups in total. The Morgan fingerprint density at radius 1 is 1.23 bits per heavy atom. The summed E-state index contributed by atoms with van der Waals surface area (Å²) in [7, 11) is 1.91. The molecule has 0 radical (unpaired) electrons. The van der Waals surface area contributed by atoms with Gasteiger partial charge in [-0.25, -0.2) is 0 Å². The fourth-order valence-corrected chi connectivity index (χ4v) is 1.85. The van der Waals surface area contributed by atoms with E-state index >= 15 is 0 Å². The summed E-state index contributed by atoms with van der Waals surface area (Å²) < 4.78 is 2.69. The minimum atomic E-state index is 0.890. The van der Waals surface area contributed by atoms with Gasteiger partial charge in [0, 0.05) is 18.8 Å². The van der Waals surface area contributed by atoms with Crippen LogP contribution >= 0.6 is 15.9 Å². The van der Waals surface area contributed by atoms with E-state index in [4.69, 9.17) is 0 Å². The van der Waals surface area contributed by atoms with Crippen molar-refractivity contribution < 1.29 is 0 Å². The molecule has 3 heteroatoms. The van der Waals surface area contributed by atoms with Gasteiger partial charge in [0.2, 0.25) is 0 Å². The second-order valence-corrected chi connectivity index (χ2v) is 3.62. The first kappa shape index (κ1) is 8.51. The van der Waals surface area contributed by atoms with Crippen molar-refractivity contribution in [1.82, 2.24) is 9.78 Å². The molecule has 0 aliphatic heterocycles. The van der Waals surface area contributed by atoms with E-state index in [0.29, 0.717) is 0 Å². The molecule has 0 saturated heterocycles. The molecular formula is C10H9BrN2. The number of aromatic nitrogens is 2. The van der Waals surface area contributed by atoms with E-state index in [1.165, 1.54) is 5.56 Å². The maximum atomic E-state index is 4.22. The van der Waals surface area contributed by atoms with Crippen LogP contribution in [0.4, 0.5) is 0 Å². The average Bonchev–Trinajstić information content (AvgIpc) is 2.47. The Morgan fingerprint density at radius 2 is 1.92 bits per heavy atom. The molecule has 0 fully saturated rings. The monoisotopic (exact) mass is 236 g/mol. The van der Waals surface area contributed by atoms with Gasteiger partial charge in [-0.2, -0.15) is 5.10 Å². The Labute approximate surface area is 85.3 Å². The second-order valence-electron chi connectivity index (χ2n) is 2.87. The summed E-state index contributed by atoms with van der Waals surface area (Å²) in [5, 5.41) is 4.22. The quantitative estimate of drug-likeness (QED) is 0.745. The van der Waals surface area contributed by atoms with Gasteiger partial charge in [-0.15, -0.1) is 0 Å². The van der Waals surface area contributed by atoms with Crippen molar-refractivity contribution in [2.45, 2.75) is 0 Å². The summed E-state index contributed by atoms with van der Waals surface area (Å²) in [6, 6.07) is 10.2. The summed E-state index contributed by atoms with van der Waals surface area (Å²) in [5.74, 6) is 0. The van der Waals surface area contributed by atoms with Crippen LogP contribution in [-0.2, 0) is 7.05 Å². The lowest BCUT2D eigenvalue weighted by molar-refractivity contribution is 0.760. The number of rotatable bonds is 1. The van der Waals surface area contributed by atoms with Gasteiger partial charge in [-0.1, -0.05) is 30.3 Å². The molecule has 0 atom stereocenters. The van der Waals surface area contributed by atoms with Gasteiger partial charge >= 0.3 is 0 Å². The number of nitrogens with zero attached hydrogens (tertiary/aromatic N) is 2. The van der Waals surface area contributed by atoms with Crippen molar-refractivity contribution in [3.8, 4) is 11.1 Å².